The number of nitriles is 2. The van der Waals surface area contributed by atoms with Crippen molar-refractivity contribution in [1.82, 2.24) is 9.55 Å². The Morgan fingerprint density at radius 3 is 2.23 bits per heavy atom. The van der Waals surface area contributed by atoms with Gasteiger partial charge in [0.15, 0.2) is 0 Å². The quantitative estimate of drug-likeness (QED) is 0.309. The van der Waals surface area contributed by atoms with Gasteiger partial charge in [-0.1, -0.05) is 36.4 Å². The number of hydrogen-bond donors (Lipinski definition) is 1. The normalized spacial score (nSPS) is 11.3. The van der Waals surface area contributed by atoms with Crippen LogP contribution in [0.2, 0.25) is 0 Å². The number of carbonyl (C=O) groups excluding carboxylic acids is 1. The Morgan fingerprint density at radius 1 is 0.886 bits per heavy atom. The molecular weight excluding hydrogens is 436 g/mol. The van der Waals surface area contributed by atoms with Crippen molar-refractivity contribution in [3.8, 4) is 34.5 Å². The highest BCUT2D eigenvalue weighted by Gasteiger charge is 2.21. The van der Waals surface area contributed by atoms with Crippen LogP contribution in [0.15, 0.2) is 72.9 Å². The van der Waals surface area contributed by atoms with Gasteiger partial charge in [-0.3, -0.25) is 4.57 Å². The van der Waals surface area contributed by atoms with Crippen molar-refractivity contribution in [2.24, 2.45) is 0 Å². The van der Waals surface area contributed by atoms with E-state index < -0.39 is 11.7 Å². The van der Waals surface area contributed by atoms with Gasteiger partial charge < -0.3 is 9.72 Å². The predicted octanol–water partition coefficient (Wildman–Crippen LogP) is 6.98. The number of hydrogen-bond acceptors (Lipinski definition) is 4. The second-order valence-corrected chi connectivity index (χ2v) is 9.41. The smallest absolute Gasteiger partial charge is 0.419 e. The van der Waals surface area contributed by atoms with E-state index in [4.69, 9.17) is 10.00 Å². The van der Waals surface area contributed by atoms with Gasteiger partial charge in [-0.15, -0.1) is 0 Å². The first-order valence-corrected chi connectivity index (χ1v) is 11.2. The molecule has 0 radical (unpaired) electrons. The average molecular weight is 459 g/mol. The maximum absolute atomic E-state index is 12.9. The van der Waals surface area contributed by atoms with E-state index in [0.717, 1.165) is 38.7 Å². The van der Waals surface area contributed by atoms with Gasteiger partial charge in [-0.2, -0.15) is 10.5 Å². The molecule has 0 aliphatic rings. The van der Waals surface area contributed by atoms with Crippen LogP contribution in [0, 0.1) is 22.7 Å². The van der Waals surface area contributed by atoms with E-state index in [0.29, 0.717) is 16.6 Å². The first-order chi connectivity index (χ1) is 16.8. The van der Waals surface area contributed by atoms with Crippen molar-refractivity contribution in [2.45, 2.75) is 26.4 Å². The molecule has 0 saturated carbocycles. The van der Waals surface area contributed by atoms with Crippen LogP contribution in [0.25, 0.3) is 44.2 Å². The molecular formula is C29H22N4O2. The number of nitrogens with one attached hydrogen (secondary N) is 1. The third-order valence-electron chi connectivity index (χ3n) is 5.78. The van der Waals surface area contributed by atoms with Crippen molar-refractivity contribution in [3.05, 3.63) is 84.1 Å². The zero-order valence-electron chi connectivity index (χ0n) is 19.6. The molecule has 0 aliphatic heterocycles. The van der Waals surface area contributed by atoms with Gasteiger partial charge >= 0.3 is 6.09 Å². The number of ether oxygens (including phenoxy) is 1. The summed E-state index contributed by atoms with van der Waals surface area (Å²) >= 11 is 0. The van der Waals surface area contributed by atoms with Crippen LogP contribution in [0.4, 0.5) is 4.79 Å². The number of fused-ring (bicyclic) bond motifs is 2. The first-order valence-electron chi connectivity index (χ1n) is 11.2. The van der Waals surface area contributed by atoms with E-state index in [2.05, 4.69) is 23.2 Å². The van der Waals surface area contributed by atoms with Crippen molar-refractivity contribution < 1.29 is 9.53 Å². The molecule has 0 saturated heterocycles. The summed E-state index contributed by atoms with van der Waals surface area (Å²) in [7, 11) is 0. The van der Waals surface area contributed by atoms with E-state index in [1.54, 1.807) is 24.4 Å². The average Bonchev–Trinajstić information content (AvgIpc) is 3.44. The summed E-state index contributed by atoms with van der Waals surface area (Å²) in [5, 5.41) is 20.4. The molecule has 2 heterocycles. The lowest BCUT2D eigenvalue weighted by molar-refractivity contribution is 0.0544. The molecule has 3 aromatic carbocycles. The van der Waals surface area contributed by atoms with Gasteiger partial charge in [0.1, 0.15) is 5.60 Å². The van der Waals surface area contributed by atoms with E-state index in [1.165, 1.54) is 4.57 Å². The fraction of sp³-hybridized carbons (Fsp3) is 0.138. The van der Waals surface area contributed by atoms with Gasteiger partial charge in [0, 0.05) is 33.7 Å². The maximum atomic E-state index is 12.9. The number of aromatic amines is 1. The van der Waals surface area contributed by atoms with Gasteiger partial charge in [0.05, 0.1) is 28.8 Å². The van der Waals surface area contributed by atoms with Crippen LogP contribution >= 0.6 is 0 Å². The third-order valence-corrected chi connectivity index (χ3v) is 5.78. The van der Waals surface area contributed by atoms with Crippen molar-refractivity contribution in [2.75, 3.05) is 0 Å². The van der Waals surface area contributed by atoms with Crippen molar-refractivity contribution >= 4 is 27.9 Å². The lowest BCUT2D eigenvalue weighted by atomic mass is 10.0. The lowest BCUT2D eigenvalue weighted by Gasteiger charge is -2.19. The third kappa shape index (κ3) is 4.14. The number of rotatable bonds is 2. The molecule has 0 atom stereocenters. The van der Waals surface area contributed by atoms with Crippen LogP contribution in [0.1, 0.15) is 31.9 Å². The molecule has 5 aromatic rings. The SMILES string of the molecule is CC(C)(C)OC(=O)n1cc(-c2ccc(-c3cc4ccc(C#N)cc4[nH]3)cc2)c2ccc(C#N)cc21. The molecule has 5 rings (SSSR count). The Labute approximate surface area is 202 Å². The number of nitrogens with zero attached hydrogens (tertiary/aromatic N) is 3. The fourth-order valence-electron chi connectivity index (χ4n) is 4.17. The number of H-pyrrole nitrogens is 1. The minimum atomic E-state index is -0.643. The molecule has 0 bridgehead atoms. The summed E-state index contributed by atoms with van der Waals surface area (Å²) in [4.78, 5) is 16.3. The number of benzene rings is 3. The molecule has 6 heteroatoms. The fourth-order valence-corrected chi connectivity index (χ4v) is 4.17. The van der Waals surface area contributed by atoms with Crippen LogP contribution in [0.5, 0.6) is 0 Å². The van der Waals surface area contributed by atoms with Crippen LogP contribution in [-0.2, 0) is 4.74 Å². The standard InChI is InChI=1S/C29H22N4O2/c1-29(2,3)35-28(34)33-17-24(23-11-5-19(16-31)13-27(23)33)20-7-9-21(10-8-20)26-14-22-6-4-18(15-30)12-25(22)32-26/h4-14,17,32H,1-3H3. The molecule has 2 aromatic heterocycles. The van der Waals surface area contributed by atoms with Crippen LogP contribution in [-0.4, -0.2) is 21.2 Å². The van der Waals surface area contributed by atoms with E-state index in [9.17, 15) is 10.1 Å². The van der Waals surface area contributed by atoms with Gasteiger partial charge in [0.25, 0.3) is 0 Å². The Hall–Kier alpha value is -4.81. The monoisotopic (exact) mass is 458 g/mol. The molecule has 0 spiro atoms. The minimum absolute atomic E-state index is 0.473. The Balaban J connectivity index is 1.56. The van der Waals surface area contributed by atoms with Gasteiger partial charge in [-0.05, 0) is 62.2 Å². The summed E-state index contributed by atoms with van der Waals surface area (Å²) in [6.07, 6.45) is 1.27. The second-order valence-electron chi connectivity index (χ2n) is 9.41. The zero-order chi connectivity index (χ0) is 24.7. The van der Waals surface area contributed by atoms with Gasteiger partial charge in [-0.25, -0.2) is 4.79 Å². The summed E-state index contributed by atoms with van der Waals surface area (Å²) in [5.74, 6) is 0. The van der Waals surface area contributed by atoms with Crippen molar-refractivity contribution in [3.63, 3.8) is 0 Å². The summed E-state index contributed by atoms with van der Waals surface area (Å²) in [6, 6.07) is 25.3. The topological polar surface area (TPSA) is 94.6 Å². The Kier molecular flexibility index (Phi) is 5.16. The predicted molar refractivity (Wildman–Crippen MR) is 136 cm³/mol. The molecule has 0 aliphatic carbocycles. The molecule has 170 valence electrons. The van der Waals surface area contributed by atoms with Crippen molar-refractivity contribution in [1.29, 1.82) is 10.5 Å². The van der Waals surface area contributed by atoms with E-state index in [1.807, 2.05) is 63.2 Å². The molecule has 0 amide bonds. The molecule has 0 fully saturated rings. The van der Waals surface area contributed by atoms with E-state index in [-0.39, 0.29) is 0 Å². The summed E-state index contributed by atoms with van der Waals surface area (Å²) in [5.41, 5.74) is 5.75. The second kappa shape index (κ2) is 8.20. The largest absolute Gasteiger partial charge is 0.443 e. The first kappa shape index (κ1) is 22.0. The summed E-state index contributed by atoms with van der Waals surface area (Å²) in [6.45, 7) is 5.46. The van der Waals surface area contributed by atoms with E-state index >= 15 is 0 Å². The minimum Gasteiger partial charge on any atom is -0.443 e. The highest BCUT2D eigenvalue weighted by atomic mass is 16.6. The number of aromatic nitrogens is 2. The maximum Gasteiger partial charge on any atom is 0.419 e. The van der Waals surface area contributed by atoms with Crippen LogP contribution < -0.4 is 0 Å². The lowest BCUT2D eigenvalue weighted by Crippen LogP contribution is -2.26. The number of carbonyl (C=O) groups is 1. The zero-order valence-corrected chi connectivity index (χ0v) is 19.6. The molecule has 35 heavy (non-hydrogen) atoms. The van der Waals surface area contributed by atoms with Gasteiger partial charge in [0.2, 0.25) is 0 Å². The molecule has 0 unspecified atom stereocenters. The molecule has 6 nitrogen and oxygen atoms in total. The van der Waals surface area contributed by atoms with Crippen LogP contribution in [0.3, 0.4) is 0 Å². The summed E-state index contributed by atoms with van der Waals surface area (Å²) < 4.78 is 7.06. The highest BCUT2D eigenvalue weighted by Crippen LogP contribution is 2.34. The molecule has 1 N–H and O–H groups in total. The Morgan fingerprint density at radius 2 is 1.54 bits per heavy atom. The Bertz CT molecular complexity index is 1680. The highest BCUT2D eigenvalue weighted by molar-refractivity contribution is 6.01.